The van der Waals surface area contributed by atoms with Crippen LogP contribution in [0.5, 0.6) is 0 Å². The molecule has 4 aromatic rings. The van der Waals surface area contributed by atoms with E-state index >= 15 is 0 Å². The van der Waals surface area contributed by atoms with E-state index < -0.39 is 14.4 Å². The summed E-state index contributed by atoms with van der Waals surface area (Å²) in [5, 5.41) is 14.9. The minimum absolute atomic E-state index is 0.0938. The van der Waals surface area contributed by atoms with Crippen LogP contribution in [0.15, 0.2) is 121 Å². The van der Waals surface area contributed by atoms with Gasteiger partial charge in [-0.1, -0.05) is 0 Å². The van der Waals surface area contributed by atoms with Gasteiger partial charge in [-0.05, 0) is 0 Å². The van der Waals surface area contributed by atoms with Crippen LogP contribution in [0, 0.1) is 11.8 Å². The van der Waals surface area contributed by atoms with Crippen molar-refractivity contribution in [2.75, 3.05) is 6.61 Å². The van der Waals surface area contributed by atoms with Gasteiger partial charge in [-0.2, -0.15) is 0 Å². The Morgan fingerprint density at radius 2 is 1.24 bits per heavy atom. The number of aliphatic hydroxyl groups is 1. The average molecular weight is 630 g/mol. The first-order valence-electron chi connectivity index (χ1n) is 14.6. The van der Waals surface area contributed by atoms with Gasteiger partial charge >= 0.3 is 254 Å². The van der Waals surface area contributed by atoms with E-state index in [-0.39, 0.29) is 37.9 Å². The zero-order chi connectivity index (χ0) is 28.7. The predicted molar refractivity (Wildman–Crippen MR) is 173 cm³/mol. The van der Waals surface area contributed by atoms with Crippen LogP contribution in [0.4, 0.5) is 0 Å². The van der Waals surface area contributed by atoms with Crippen molar-refractivity contribution >= 4 is 38.1 Å². The predicted octanol–water partition coefficient (Wildman–Crippen LogP) is 5.59. The van der Waals surface area contributed by atoms with Gasteiger partial charge in [0.2, 0.25) is 0 Å². The molecule has 1 fully saturated rings. The molecule has 5 heteroatoms. The van der Waals surface area contributed by atoms with Gasteiger partial charge in [0.1, 0.15) is 0 Å². The van der Waals surface area contributed by atoms with Gasteiger partial charge in [0.05, 0.1) is 0 Å². The Labute approximate surface area is 253 Å². The third-order valence-corrected chi connectivity index (χ3v) is 15.8. The molecule has 0 unspecified atom stereocenters. The molecule has 214 valence electrons. The van der Waals surface area contributed by atoms with Crippen molar-refractivity contribution in [1.29, 1.82) is 0 Å². The molecule has 0 heterocycles. The molecule has 41 heavy (non-hydrogen) atoms. The molecule has 1 aliphatic carbocycles. The van der Waals surface area contributed by atoms with Crippen molar-refractivity contribution < 1.29 is 14.3 Å². The molecular formula is C36H42O3SeSi. The summed E-state index contributed by atoms with van der Waals surface area (Å²) < 4.78 is 15.4. The van der Waals surface area contributed by atoms with Crippen LogP contribution >= 0.6 is 0 Å². The molecule has 0 aromatic heterocycles. The summed E-state index contributed by atoms with van der Waals surface area (Å²) in [5.74, 6) is 0.246. The van der Waals surface area contributed by atoms with Gasteiger partial charge in [-0.25, -0.2) is 0 Å². The summed E-state index contributed by atoms with van der Waals surface area (Å²) in [6.45, 7) is 8.10. The zero-order valence-electron chi connectivity index (χ0n) is 24.4. The van der Waals surface area contributed by atoms with Crippen LogP contribution in [0.3, 0.4) is 0 Å². The molecular weight excluding hydrogens is 587 g/mol. The Hall–Kier alpha value is -2.50. The third kappa shape index (κ3) is 6.94. The first-order chi connectivity index (χ1) is 19.9. The standard InChI is InChI=1S/C36H42O3SeSi/c1-36(2,3)41(30-20-12-6-13-21-30,31-22-14-7-15-23-31)39-35-24-34(37)33(27-40-29-18-10-5-11-19-29)32(35)26-38-25-28-16-8-4-9-17-28/h4-23,32-35,37H,24-27H2,1-3H3/t32-,33-,34-,35-/m0/s1. The van der Waals surface area contributed by atoms with Crippen molar-refractivity contribution in [1.82, 2.24) is 0 Å². The monoisotopic (exact) mass is 630 g/mol. The van der Waals surface area contributed by atoms with Crippen molar-refractivity contribution in [3.8, 4) is 0 Å². The van der Waals surface area contributed by atoms with Crippen LogP contribution in [0.2, 0.25) is 10.4 Å². The molecule has 0 aliphatic heterocycles. The normalized spacial score (nSPS) is 21.2. The molecule has 0 amide bonds. The molecule has 5 rings (SSSR count). The van der Waals surface area contributed by atoms with E-state index in [2.05, 4.69) is 136 Å². The fourth-order valence-electron chi connectivity index (χ4n) is 6.26. The fraction of sp³-hybridized carbons (Fsp3) is 0.333. The van der Waals surface area contributed by atoms with Gasteiger partial charge in [-0.3, -0.25) is 0 Å². The van der Waals surface area contributed by atoms with Crippen LogP contribution in [-0.2, 0) is 15.8 Å². The van der Waals surface area contributed by atoms with Gasteiger partial charge < -0.3 is 0 Å². The second-order valence-electron chi connectivity index (χ2n) is 12.1. The molecule has 1 aliphatic rings. The molecule has 0 saturated heterocycles. The van der Waals surface area contributed by atoms with Crippen LogP contribution in [0.25, 0.3) is 0 Å². The number of hydrogen-bond acceptors (Lipinski definition) is 3. The SMILES string of the molecule is CC(C)(C)[Si](O[C@H]1C[C@H](O)[C@@H](C[Se]c2ccccc2)[C@@H]1COCc1ccccc1)(c1ccccc1)c1ccccc1. The second-order valence-corrected chi connectivity index (χ2v) is 18.6. The molecule has 0 bridgehead atoms. The minimum atomic E-state index is -2.77. The molecule has 4 atom stereocenters. The van der Waals surface area contributed by atoms with Crippen LogP contribution in [-0.4, -0.2) is 47.2 Å². The van der Waals surface area contributed by atoms with Crippen LogP contribution in [0.1, 0.15) is 32.8 Å². The molecule has 3 nitrogen and oxygen atoms in total. The second kappa shape index (κ2) is 13.6. The molecule has 0 spiro atoms. The van der Waals surface area contributed by atoms with Crippen LogP contribution < -0.4 is 14.8 Å². The molecule has 1 saturated carbocycles. The van der Waals surface area contributed by atoms with E-state index in [0.717, 1.165) is 5.32 Å². The first kappa shape index (κ1) is 30.0. The van der Waals surface area contributed by atoms with E-state index in [9.17, 15) is 5.11 Å². The van der Waals surface area contributed by atoms with E-state index in [4.69, 9.17) is 9.16 Å². The number of rotatable bonds is 11. The summed E-state index contributed by atoms with van der Waals surface area (Å²) in [4.78, 5) is 0. The van der Waals surface area contributed by atoms with Gasteiger partial charge in [0.15, 0.2) is 0 Å². The molecule has 1 N–H and O–H groups in total. The maximum absolute atomic E-state index is 11.6. The summed E-state index contributed by atoms with van der Waals surface area (Å²) >= 11 is 0.275. The van der Waals surface area contributed by atoms with Gasteiger partial charge in [-0.15, -0.1) is 0 Å². The first-order valence-corrected chi connectivity index (χ1v) is 18.6. The van der Waals surface area contributed by atoms with E-state index in [1.54, 1.807) is 0 Å². The summed E-state index contributed by atoms with van der Waals surface area (Å²) in [6.07, 6.45) is 0.136. The van der Waals surface area contributed by atoms with Gasteiger partial charge in [0, 0.05) is 0 Å². The molecule has 0 radical (unpaired) electrons. The quantitative estimate of drug-likeness (QED) is 0.220. The number of benzene rings is 4. The van der Waals surface area contributed by atoms with E-state index in [1.165, 1.54) is 20.4 Å². The Morgan fingerprint density at radius 1 is 0.732 bits per heavy atom. The number of aliphatic hydroxyl groups excluding tert-OH is 1. The Morgan fingerprint density at radius 3 is 1.78 bits per heavy atom. The summed E-state index contributed by atoms with van der Waals surface area (Å²) in [5.41, 5.74) is 1.17. The topological polar surface area (TPSA) is 38.7 Å². The summed E-state index contributed by atoms with van der Waals surface area (Å²) in [7, 11) is -2.77. The zero-order valence-corrected chi connectivity index (χ0v) is 27.1. The van der Waals surface area contributed by atoms with Gasteiger partial charge in [0.25, 0.3) is 0 Å². The summed E-state index contributed by atoms with van der Waals surface area (Å²) in [6, 6.07) is 42.7. The van der Waals surface area contributed by atoms with Crippen molar-refractivity contribution in [2.24, 2.45) is 11.8 Å². The Kier molecular flexibility index (Phi) is 9.98. The van der Waals surface area contributed by atoms with Crippen molar-refractivity contribution in [3.05, 3.63) is 127 Å². The number of hydrogen-bond donors (Lipinski definition) is 1. The fourth-order valence-corrected chi connectivity index (χ4v) is 13.5. The van der Waals surface area contributed by atoms with E-state index in [0.29, 0.717) is 19.6 Å². The van der Waals surface area contributed by atoms with Crippen molar-refractivity contribution in [2.45, 2.75) is 56.4 Å². The van der Waals surface area contributed by atoms with Crippen molar-refractivity contribution in [3.63, 3.8) is 0 Å². The Bertz CT molecular complexity index is 1290. The molecule has 4 aromatic carbocycles. The third-order valence-electron chi connectivity index (χ3n) is 8.35. The van der Waals surface area contributed by atoms with E-state index in [1.807, 2.05) is 6.07 Å². The average Bonchev–Trinajstić information content (AvgIpc) is 3.29. The maximum atomic E-state index is 11.6. The number of ether oxygens (including phenoxy) is 1. The Balaban J connectivity index is 1.48.